The zero-order chi connectivity index (χ0) is 15.8. The molecule has 1 aromatic carbocycles. The molecule has 0 aromatic heterocycles. The molecule has 1 atom stereocenters. The number of ether oxygens (including phenoxy) is 1. The summed E-state index contributed by atoms with van der Waals surface area (Å²) in [5.74, 6) is -0.208. The molecule has 0 saturated carbocycles. The predicted octanol–water partition coefficient (Wildman–Crippen LogP) is 2.83. The van der Waals surface area contributed by atoms with Gasteiger partial charge in [0.05, 0.1) is 0 Å². The Morgan fingerprint density at radius 1 is 1.29 bits per heavy atom. The van der Waals surface area contributed by atoms with Gasteiger partial charge in [-0.1, -0.05) is 12.1 Å². The van der Waals surface area contributed by atoms with E-state index in [1.54, 1.807) is 13.8 Å². The highest BCUT2D eigenvalue weighted by atomic mass is 19.4. The third-order valence-corrected chi connectivity index (χ3v) is 2.99. The number of urea groups is 1. The van der Waals surface area contributed by atoms with E-state index in [0.29, 0.717) is 5.56 Å². The summed E-state index contributed by atoms with van der Waals surface area (Å²) in [5, 5.41) is 0. The quantitative estimate of drug-likeness (QED) is 0.933. The van der Waals surface area contributed by atoms with Crippen LogP contribution in [0.5, 0.6) is 5.75 Å². The van der Waals surface area contributed by atoms with Gasteiger partial charge < -0.3 is 15.4 Å². The second-order valence-corrected chi connectivity index (χ2v) is 4.84. The highest BCUT2D eigenvalue weighted by Gasteiger charge is 2.36. The maximum Gasteiger partial charge on any atom is 0.573 e. The van der Waals surface area contributed by atoms with Crippen LogP contribution in [0.2, 0.25) is 0 Å². The molecule has 0 spiro atoms. The molecule has 1 aromatic rings. The Morgan fingerprint density at radius 2 is 1.86 bits per heavy atom. The standard InChI is InChI=1S/C13H14F3N3O2/c1-7(2)19-10(11(17)18-12(19)20)8-3-5-9(6-4-8)21-13(14,15)16/h3-7,10H,1-2H3,(H2,17,18,20). The smallest absolute Gasteiger partial charge is 0.406 e. The molecule has 0 bridgehead atoms. The van der Waals surface area contributed by atoms with Crippen molar-refractivity contribution in [3.8, 4) is 5.75 Å². The average Bonchev–Trinajstić information content (AvgIpc) is 2.63. The number of halogens is 3. The third-order valence-electron chi connectivity index (χ3n) is 2.99. The second-order valence-electron chi connectivity index (χ2n) is 4.84. The van der Waals surface area contributed by atoms with Gasteiger partial charge in [-0.05, 0) is 31.5 Å². The maximum atomic E-state index is 12.1. The van der Waals surface area contributed by atoms with Crippen molar-refractivity contribution in [1.82, 2.24) is 4.90 Å². The average molecular weight is 301 g/mol. The van der Waals surface area contributed by atoms with Crippen molar-refractivity contribution < 1.29 is 22.7 Å². The van der Waals surface area contributed by atoms with Gasteiger partial charge in [-0.25, -0.2) is 4.79 Å². The van der Waals surface area contributed by atoms with Crippen LogP contribution in [-0.2, 0) is 0 Å². The molecule has 0 fully saturated rings. The SMILES string of the molecule is CC(C)N1C(=O)N=C(N)C1c1ccc(OC(F)(F)F)cc1. The Balaban J connectivity index is 2.25. The second kappa shape index (κ2) is 5.27. The van der Waals surface area contributed by atoms with Gasteiger partial charge in [0.25, 0.3) is 0 Å². The van der Waals surface area contributed by atoms with Crippen LogP contribution in [-0.4, -0.2) is 29.2 Å². The maximum absolute atomic E-state index is 12.1. The Bertz CT molecular complexity index is 567. The van der Waals surface area contributed by atoms with Crippen molar-refractivity contribution in [2.45, 2.75) is 32.3 Å². The first-order valence-corrected chi connectivity index (χ1v) is 6.21. The molecular formula is C13H14F3N3O2. The van der Waals surface area contributed by atoms with E-state index >= 15 is 0 Å². The van der Waals surface area contributed by atoms with E-state index in [4.69, 9.17) is 5.73 Å². The Kier molecular flexibility index (Phi) is 3.80. The largest absolute Gasteiger partial charge is 0.573 e. The first kappa shape index (κ1) is 15.1. The van der Waals surface area contributed by atoms with Crippen LogP contribution in [0, 0.1) is 0 Å². The van der Waals surface area contributed by atoms with Crippen molar-refractivity contribution in [2.75, 3.05) is 0 Å². The third kappa shape index (κ3) is 3.26. The number of amides is 2. The summed E-state index contributed by atoms with van der Waals surface area (Å²) in [4.78, 5) is 16.9. The molecule has 5 nitrogen and oxygen atoms in total. The molecule has 2 N–H and O–H groups in total. The molecular weight excluding hydrogens is 287 g/mol. The Morgan fingerprint density at radius 3 is 2.33 bits per heavy atom. The Hall–Kier alpha value is -2.25. The summed E-state index contributed by atoms with van der Waals surface area (Å²) in [6, 6.07) is 4.05. The van der Waals surface area contributed by atoms with Crippen molar-refractivity contribution in [3.63, 3.8) is 0 Å². The number of hydrogen-bond acceptors (Lipinski definition) is 3. The minimum Gasteiger partial charge on any atom is -0.406 e. The number of carbonyl (C=O) groups excluding carboxylic acids is 1. The number of carbonyl (C=O) groups is 1. The number of nitrogens with two attached hydrogens (primary N) is 1. The van der Waals surface area contributed by atoms with Gasteiger partial charge in [-0.15, -0.1) is 13.2 Å². The van der Waals surface area contributed by atoms with Gasteiger partial charge in [0.2, 0.25) is 0 Å². The number of hydrogen-bond donors (Lipinski definition) is 1. The fourth-order valence-corrected chi connectivity index (χ4v) is 2.18. The molecule has 2 rings (SSSR count). The molecule has 1 unspecified atom stereocenters. The molecule has 21 heavy (non-hydrogen) atoms. The van der Waals surface area contributed by atoms with E-state index in [-0.39, 0.29) is 17.6 Å². The van der Waals surface area contributed by atoms with Gasteiger partial charge in [-0.3, -0.25) is 0 Å². The van der Waals surface area contributed by atoms with Gasteiger partial charge in [-0.2, -0.15) is 4.99 Å². The summed E-state index contributed by atoms with van der Waals surface area (Å²) in [6.45, 7) is 3.61. The zero-order valence-corrected chi connectivity index (χ0v) is 11.4. The van der Waals surface area contributed by atoms with Crippen molar-refractivity contribution in [2.24, 2.45) is 10.7 Å². The molecule has 8 heteroatoms. The van der Waals surface area contributed by atoms with Crippen molar-refractivity contribution >= 4 is 11.9 Å². The first-order chi connectivity index (χ1) is 9.69. The van der Waals surface area contributed by atoms with Crippen LogP contribution in [0.1, 0.15) is 25.5 Å². The highest BCUT2D eigenvalue weighted by molar-refractivity contribution is 6.03. The van der Waals surface area contributed by atoms with Crippen LogP contribution < -0.4 is 10.5 Å². The van der Waals surface area contributed by atoms with Crippen LogP contribution in [0.4, 0.5) is 18.0 Å². The number of alkyl halides is 3. The lowest BCUT2D eigenvalue weighted by Crippen LogP contribution is -2.38. The number of amidine groups is 1. The highest BCUT2D eigenvalue weighted by Crippen LogP contribution is 2.31. The Labute approximate surface area is 119 Å². The molecule has 1 heterocycles. The molecule has 2 amide bonds. The summed E-state index contributed by atoms with van der Waals surface area (Å²) in [5.41, 5.74) is 6.32. The molecule has 0 radical (unpaired) electrons. The van der Waals surface area contributed by atoms with Gasteiger partial charge in [0, 0.05) is 6.04 Å². The number of nitrogens with zero attached hydrogens (tertiary/aromatic N) is 2. The van der Waals surface area contributed by atoms with Crippen LogP contribution in [0.25, 0.3) is 0 Å². The monoisotopic (exact) mass is 301 g/mol. The van der Waals surface area contributed by atoms with E-state index in [1.807, 2.05) is 0 Å². The first-order valence-electron chi connectivity index (χ1n) is 6.21. The van der Waals surface area contributed by atoms with E-state index in [9.17, 15) is 18.0 Å². The van der Waals surface area contributed by atoms with Gasteiger partial charge >= 0.3 is 12.4 Å². The van der Waals surface area contributed by atoms with Gasteiger partial charge in [0.15, 0.2) is 0 Å². The molecule has 1 aliphatic heterocycles. The number of aliphatic imine (C=N–C) groups is 1. The molecule has 0 aliphatic carbocycles. The minimum atomic E-state index is -4.74. The van der Waals surface area contributed by atoms with Crippen LogP contribution in [0.15, 0.2) is 29.3 Å². The number of benzene rings is 1. The normalized spacial score (nSPS) is 19.1. The molecule has 1 aliphatic rings. The van der Waals surface area contributed by atoms with Crippen LogP contribution in [0.3, 0.4) is 0 Å². The van der Waals surface area contributed by atoms with E-state index in [1.165, 1.54) is 29.2 Å². The predicted molar refractivity (Wildman–Crippen MR) is 69.9 cm³/mol. The topological polar surface area (TPSA) is 67.9 Å². The lowest BCUT2D eigenvalue weighted by atomic mass is 10.0. The van der Waals surface area contributed by atoms with Gasteiger partial charge in [0.1, 0.15) is 17.6 Å². The van der Waals surface area contributed by atoms with Crippen molar-refractivity contribution in [3.05, 3.63) is 29.8 Å². The lowest BCUT2D eigenvalue weighted by Gasteiger charge is -2.28. The lowest BCUT2D eigenvalue weighted by molar-refractivity contribution is -0.274. The minimum absolute atomic E-state index is 0.123. The van der Waals surface area contributed by atoms with E-state index < -0.39 is 18.4 Å². The van der Waals surface area contributed by atoms with E-state index in [0.717, 1.165) is 0 Å². The summed E-state index contributed by atoms with van der Waals surface area (Å²) in [7, 11) is 0. The number of rotatable bonds is 3. The zero-order valence-electron chi connectivity index (χ0n) is 11.4. The van der Waals surface area contributed by atoms with Crippen molar-refractivity contribution in [1.29, 1.82) is 0 Å². The molecule has 114 valence electrons. The van der Waals surface area contributed by atoms with E-state index in [2.05, 4.69) is 9.73 Å². The summed E-state index contributed by atoms with van der Waals surface area (Å²) >= 11 is 0. The summed E-state index contributed by atoms with van der Waals surface area (Å²) in [6.07, 6.45) is -4.74. The fourth-order valence-electron chi connectivity index (χ4n) is 2.18. The summed E-state index contributed by atoms with van der Waals surface area (Å²) < 4.78 is 40.1. The fraction of sp³-hybridized carbons (Fsp3) is 0.385. The molecule has 0 saturated heterocycles. The van der Waals surface area contributed by atoms with Crippen LogP contribution >= 0.6 is 0 Å².